The first-order valence-electron chi connectivity index (χ1n) is 41.1. The predicted molar refractivity (Wildman–Crippen MR) is 393 cm³/mol. The van der Waals surface area contributed by atoms with Crippen LogP contribution in [0.15, 0.2) is 24.3 Å². The fourth-order valence-corrected chi connectivity index (χ4v) is 13.2. The van der Waals surface area contributed by atoms with Crippen LogP contribution in [0, 0.1) is 0 Å². The Balaban J connectivity index is 3.36. The number of aliphatic hydroxyl groups excluding tert-OH is 2. The summed E-state index contributed by atoms with van der Waals surface area (Å²) < 4.78 is 5.51. The Kier molecular flexibility index (Phi) is 77.3. The Hall–Kier alpha value is -1.66. The van der Waals surface area contributed by atoms with E-state index in [2.05, 4.69) is 31.3 Å². The van der Waals surface area contributed by atoms with E-state index in [0.29, 0.717) is 19.4 Å². The van der Waals surface area contributed by atoms with Gasteiger partial charge in [0.05, 0.1) is 25.4 Å². The van der Waals surface area contributed by atoms with Crippen LogP contribution >= 0.6 is 0 Å². The maximum absolute atomic E-state index is 12.6. The maximum atomic E-state index is 12.6. The molecule has 0 bridgehead atoms. The van der Waals surface area contributed by atoms with E-state index in [0.717, 1.165) is 38.5 Å². The molecule has 0 aromatic heterocycles. The molecule has 6 nitrogen and oxygen atoms in total. The lowest BCUT2D eigenvalue weighted by Gasteiger charge is -2.20. The highest BCUT2D eigenvalue weighted by Gasteiger charge is 2.18. The van der Waals surface area contributed by atoms with Crippen LogP contribution < -0.4 is 5.32 Å². The first-order valence-corrected chi connectivity index (χ1v) is 41.1. The van der Waals surface area contributed by atoms with Gasteiger partial charge in [-0.15, -0.1) is 0 Å². The number of allylic oxidation sites excluding steroid dienone is 3. The number of nitrogens with one attached hydrogen (secondary N) is 1. The number of rotatable bonds is 78. The number of hydrogen-bond acceptors (Lipinski definition) is 5. The lowest BCUT2D eigenvalue weighted by Crippen LogP contribution is -2.45. The molecular weight excluding hydrogens is 1090 g/mol. The second-order valence-electron chi connectivity index (χ2n) is 28.5. The fraction of sp³-hybridized carbons (Fsp3) is 0.928. The molecule has 528 valence electrons. The molecule has 0 aliphatic carbocycles. The molecule has 89 heavy (non-hydrogen) atoms. The summed E-state index contributed by atoms with van der Waals surface area (Å²) in [4.78, 5) is 24.7. The van der Waals surface area contributed by atoms with Crippen molar-refractivity contribution in [2.24, 2.45) is 0 Å². The molecule has 1 amide bonds. The SMILES string of the molecule is CCCCCCCCCCCCCCCCCCCCCC/C=C/C(O)C(CO)NC(=O)CCCCCCCCCCCCCCCCCCC/C=C\CCCCCCCCCCCCCCOC(=O)CCCCCCCCCCCCCCCCCCC. The monoisotopic (exact) mass is 1250 g/mol. The molecule has 0 radical (unpaired) electrons. The van der Waals surface area contributed by atoms with E-state index < -0.39 is 12.1 Å². The molecule has 0 spiro atoms. The summed E-state index contributed by atoms with van der Waals surface area (Å²) in [6.45, 7) is 4.97. The highest BCUT2D eigenvalue weighted by Crippen LogP contribution is 2.20. The molecule has 0 saturated heterocycles. The topological polar surface area (TPSA) is 95.9 Å². The van der Waals surface area contributed by atoms with Crippen LogP contribution in [0.3, 0.4) is 0 Å². The molecule has 6 heteroatoms. The number of hydrogen-bond donors (Lipinski definition) is 3. The number of amides is 1. The number of aliphatic hydroxyl groups is 2. The quantitative estimate of drug-likeness (QED) is 0.0320. The summed E-state index contributed by atoms with van der Waals surface area (Å²) in [5.41, 5.74) is 0. The van der Waals surface area contributed by atoms with Crippen molar-refractivity contribution in [2.75, 3.05) is 13.2 Å². The van der Waals surface area contributed by atoms with Crippen LogP contribution in [0.2, 0.25) is 0 Å². The zero-order chi connectivity index (χ0) is 64.2. The van der Waals surface area contributed by atoms with Gasteiger partial charge in [-0.3, -0.25) is 9.59 Å². The van der Waals surface area contributed by atoms with Gasteiger partial charge in [0, 0.05) is 12.8 Å². The molecule has 0 aliphatic rings. The van der Waals surface area contributed by atoms with E-state index in [4.69, 9.17) is 4.74 Å². The van der Waals surface area contributed by atoms with Crippen molar-refractivity contribution in [3.8, 4) is 0 Å². The third-order valence-corrected chi connectivity index (χ3v) is 19.5. The van der Waals surface area contributed by atoms with E-state index in [1.54, 1.807) is 6.08 Å². The van der Waals surface area contributed by atoms with Gasteiger partial charge in [-0.25, -0.2) is 0 Å². The highest BCUT2D eigenvalue weighted by molar-refractivity contribution is 5.76. The summed E-state index contributed by atoms with van der Waals surface area (Å²) in [5.74, 6) is -0.0361. The van der Waals surface area contributed by atoms with Crippen molar-refractivity contribution < 1.29 is 24.5 Å². The number of carbonyl (C=O) groups is 2. The van der Waals surface area contributed by atoms with Crippen molar-refractivity contribution in [3.05, 3.63) is 24.3 Å². The lowest BCUT2D eigenvalue weighted by atomic mass is 10.0. The number of carbonyl (C=O) groups excluding carboxylic acids is 2. The zero-order valence-corrected chi connectivity index (χ0v) is 60.7. The average molecular weight is 1250 g/mol. The van der Waals surface area contributed by atoms with Gasteiger partial charge in [-0.2, -0.15) is 0 Å². The number of ether oxygens (including phenoxy) is 1. The van der Waals surface area contributed by atoms with Crippen molar-refractivity contribution >= 4 is 11.9 Å². The third-order valence-electron chi connectivity index (χ3n) is 19.5. The molecule has 2 atom stereocenters. The van der Waals surface area contributed by atoms with Crippen molar-refractivity contribution in [2.45, 2.75) is 482 Å². The van der Waals surface area contributed by atoms with Crippen LogP contribution in [0.4, 0.5) is 0 Å². The Labute approximate surface area is 558 Å². The van der Waals surface area contributed by atoms with Gasteiger partial charge in [0.2, 0.25) is 5.91 Å². The zero-order valence-electron chi connectivity index (χ0n) is 60.7. The van der Waals surface area contributed by atoms with E-state index >= 15 is 0 Å². The van der Waals surface area contributed by atoms with Crippen LogP contribution in [0.25, 0.3) is 0 Å². The molecule has 3 N–H and O–H groups in total. The van der Waals surface area contributed by atoms with Crippen LogP contribution in [-0.2, 0) is 14.3 Å². The van der Waals surface area contributed by atoms with Crippen molar-refractivity contribution in [3.63, 3.8) is 0 Å². The van der Waals surface area contributed by atoms with E-state index in [1.807, 2.05) is 6.08 Å². The van der Waals surface area contributed by atoms with Crippen LogP contribution in [0.5, 0.6) is 0 Å². The van der Waals surface area contributed by atoms with E-state index in [9.17, 15) is 19.8 Å². The van der Waals surface area contributed by atoms with Crippen LogP contribution in [-0.4, -0.2) is 47.4 Å². The van der Waals surface area contributed by atoms with E-state index in [1.165, 1.54) is 405 Å². The van der Waals surface area contributed by atoms with Gasteiger partial charge in [-0.05, 0) is 57.8 Å². The number of unbranched alkanes of at least 4 members (excludes halogenated alkanes) is 65. The molecule has 2 unspecified atom stereocenters. The van der Waals surface area contributed by atoms with Crippen LogP contribution in [0.1, 0.15) is 470 Å². The molecule has 0 fully saturated rings. The summed E-state index contributed by atoms with van der Waals surface area (Å²) in [6.07, 6.45) is 102. The minimum absolute atomic E-state index is 0.0236. The normalized spacial score (nSPS) is 12.5. The molecule has 0 aromatic rings. The highest BCUT2D eigenvalue weighted by atomic mass is 16.5. The first-order chi connectivity index (χ1) is 44.0. The minimum Gasteiger partial charge on any atom is -0.466 e. The molecule has 0 rings (SSSR count). The van der Waals surface area contributed by atoms with Gasteiger partial charge in [0.25, 0.3) is 0 Å². The lowest BCUT2D eigenvalue weighted by molar-refractivity contribution is -0.143. The molecular formula is C83H161NO5. The first kappa shape index (κ1) is 87.3. The second-order valence-corrected chi connectivity index (χ2v) is 28.5. The largest absolute Gasteiger partial charge is 0.466 e. The smallest absolute Gasteiger partial charge is 0.305 e. The molecule has 0 heterocycles. The molecule has 0 aliphatic heterocycles. The fourth-order valence-electron chi connectivity index (χ4n) is 13.2. The van der Waals surface area contributed by atoms with Gasteiger partial charge < -0.3 is 20.3 Å². The molecule has 0 saturated carbocycles. The van der Waals surface area contributed by atoms with Gasteiger partial charge in [-0.1, -0.05) is 423 Å². The minimum atomic E-state index is -0.843. The summed E-state index contributed by atoms with van der Waals surface area (Å²) in [7, 11) is 0. The summed E-state index contributed by atoms with van der Waals surface area (Å²) >= 11 is 0. The predicted octanol–water partition coefficient (Wildman–Crippen LogP) is 27.2. The van der Waals surface area contributed by atoms with Crippen molar-refractivity contribution in [1.82, 2.24) is 5.32 Å². The van der Waals surface area contributed by atoms with Crippen molar-refractivity contribution in [1.29, 1.82) is 0 Å². The Morgan fingerprint density at radius 1 is 0.303 bits per heavy atom. The summed E-state index contributed by atoms with van der Waals surface area (Å²) in [5, 5.41) is 23.3. The standard InChI is InChI=1S/C83H161NO5/c1-3-5-7-9-11-13-15-17-19-21-22-23-37-40-44-47-51-55-59-63-67-71-75-81(86)80(79-85)84-82(87)76-72-68-64-60-56-52-48-45-41-38-35-33-31-29-27-25-24-26-28-30-32-34-36-39-42-46-50-54-58-62-66-70-74-78-89-83(88)77-73-69-65-61-57-53-49-43-20-18-16-14-12-10-8-6-4-2/h28,30,71,75,80-81,85-86H,3-27,29,31-70,72-74,76-79H2,1-2H3,(H,84,87)/b30-28-,75-71+. The van der Waals surface area contributed by atoms with Gasteiger partial charge in [0.15, 0.2) is 0 Å². The Morgan fingerprint density at radius 2 is 0.528 bits per heavy atom. The maximum Gasteiger partial charge on any atom is 0.305 e. The molecule has 0 aromatic carbocycles. The third kappa shape index (κ3) is 75.3. The number of esters is 1. The van der Waals surface area contributed by atoms with Gasteiger partial charge >= 0.3 is 5.97 Å². The van der Waals surface area contributed by atoms with E-state index in [-0.39, 0.29) is 18.5 Å². The average Bonchev–Trinajstić information content (AvgIpc) is 3.60. The van der Waals surface area contributed by atoms with Gasteiger partial charge in [0.1, 0.15) is 0 Å². The Morgan fingerprint density at radius 3 is 0.798 bits per heavy atom. The second kappa shape index (κ2) is 78.8. The summed E-state index contributed by atoms with van der Waals surface area (Å²) in [6, 6.07) is -0.627. The Bertz CT molecular complexity index is 1400.